The van der Waals surface area contributed by atoms with E-state index in [-0.39, 0.29) is 35.3 Å². The first kappa shape index (κ1) is 27.7. The predicted molar refractivity (Wildman–Crippen MR) is 153 cm³/mol. The molecule has 1 aliphatic carbocycles. The Morgan fingerprint density at radius 1 is 1.12 bits per heavy atom. The van der Waals surface area contributed by atoms with Crippen molar-refractivity contribution in [3.05, 3.63) is 64.0 Å². The van der Waals surface area contributed by atoms with Crippen molar-refractivity contribution >= 4 is 22.7 Å². The van der Waals surface area contributed by atoms with Crippen LogP contribution in [0.2, 0.25) is 0 Å². The van der Waals surface area contributed by atoms with Crippen LogP contribution in [0.5, 0.6) is 0 Å². The summed E-state index contributed by atoms with van der Waals surface area (Å²) in [6.45, 7) is 6.23. The van der Waals surface area contributed by atoms with E-state index in [4.69, 9.17) is 9.73 Å². The highest BCUT2D eigenvalue weighted by Crippen LogP contribution is 2.35. The molecule has 2 aliphatic rings. The number of rotatable bonds is 8. The van der Waals surface area contributed by atoms with Gasteiger partial charge in [-0.2, -0.15) is 10.2 Å². The summed E-state index contributed by atoms with van der Waals surface area (Å²) in [5.41, 5.74) is 2.02. The highest BCUT2D eigenvalue weighted by molar-refractivity contribution is 5.87. The minimum Gasteiger partial charge on any atom is -0.483 e. The van der Waals surface area contributed by atoms with Crippen LogP contribution in [0.15, 0.2) is 46.2 Å². The first-order chi connectivity index (χ1) is 19.4. The van der Waals surface area contributed by atoms with Gasteiger partial charge < -0.3 is 9.64 Å². The number of hydrogen-bond donors (Lipinski definition) is 0. The Morgan fingerprint density at radius 2 is 1.85 bits per heavy atom. The van der Waals surface area contributed by atoms with Gasteiger partial charge in [0, 0.05) is 38.8 Å². The number of nitrogens with zero attached hydrogens (tertiary/aromatic N) is 7. The van der Waals surface area contributed by atoms with Crippen molar-refractivity contribution in [1.82, 2.24) is 19.4 Å². The summed E-state index contributed by atoms with van der Waals surface area (Å²) in [5, 5.41) is 9.51. The highest BCUT2D eigenvalue weighted by atomic mass is 19.1. The van der Waals surface area contributed by atoms with Gasteiger partial charge in [0.25, 0.3) is 0 Å². The number of benzene rings is 1. The third-order valence-electron chi connectivity index (χ3n) is 8.17. The second kappa shape index (κ2) is 11.7. The van der Waals surface area contributed by atoms with Crippen LogP contribution in [0.3, 0.4) is 0 Å². The SMILES string of the molecule is CCC1CN(C(/C(=N/CC2CC2)OC)c2ccc(F)cc2)C(CC)CN1c1nc(=O)n(C)c2ccc(C#N)nc12. The highest BCUT2D eigenvalue weighted by Gasteiger charge is 2.40. The maximum atomic E-state index is 13.9. The van der Waals surface area contributed by atoms with Gasteiger partial charge in [0.05, 0.1) is 12.6 Å². The number of ether oxygens (including phenoxy) is 1. The van der Waals surface area contributed by atoms with E-state index in [0.29, 0.717) is 41.8 Å². The number of fused-ring (bicyclic) bond motifs is 1. The molecule has 1 saturated carbocycles. The van der Waals surface area contributed by atoms with Crippen molar-refractivity contribution in [2.75, 3.05) is 31.6 Å². The molecule has 1 aliphatic heterocycles. The van der Waals surface area contributed by atoms with Crippen molar-refractivity contribution in [1.29, 1.82) is 5.26 Å². The molecule has 3 heterocycles. The van der Waals surface area contributed by atoms with E-state index >= 15 is 0 Å². The van der Waals surface area contributed by atoms with E-state index in [0.717, 1.165) is 24.9 Å². The minimum atomic E-state index is -0.364. The lowest BCUT2D eigenvalue weighted by molar-refractivity contribution is 0.110. The average Bonchev–Trinajstić information content (AvgIpc) is 3.81. The molecule has 2 fully saturated rings. The number of aryl methyl sites for hydroxylation is 1. The molecular formula is C30H36FN7O2. The largest absolute Gasteiger partial charge is 0.483 e. The third-order valence-corrected chi connectivity index (χ3v) is 8.17. The Hall–Kier alpha value is -3.84. The zero-order chi connectivity index (χ0) is 28.4. The second-order valence-electron chi connectivity index (χ2n) is 10.7. The first-order valence-electron chi connectivity index (χ1n) is 14.0. The van der Waals surface area contributed by atoms with Crippen molar-refractivity contribution < 1.29 is 9.13 Å². The molecule has 0 bridgehead atoms. The van der Waals surface area contributed by atoms with Gasteiger partial charge in [-0.15, -0.1) is 0 Å². The van der Waals surface area contributed by atoms with Gasteiger partial charge in [0.1, 0.15) is 29.1 Å². The molecule has 40 heavy (non-hydrogen) atoms. The van der Waals surface area contributed by atoms with Crippen LogP contribution in [0, 0.1) is 23.1 Å². The maximum Gasteiger partial charge on any atom is 0.349 e. The number of halogens is 1. The predicted octanol–water partition coefficient (Wildman–Crippen LogP) is 4.21. The van der Waals surface area contributed by atoms with Crippen LogP contribution in [0.4, 0.5) is 10.2 Å². The summed E-state index contributed by atoms with van der Waals surface area (Å²) in [6.07, 6.45) is 3.99. The summed E-state index contributed by atoms with van der Waals surface area (Å²) in [7, 11) is 3.32. The summed E-state index contributed by atoms with van der Waals surface area (Å²) < 4.78 is 21.3. The first-order valence-corrected chi connectivity index (χ1v) is 14.0. The Labute approximate surface area is 233 Å². The summed E-state index contributed by atoms with van der Waals surface area (Å²) in [4.78, 5) is 31.4. The lowest BCUT2D eigenvalue weighted by Gasteiger charge is -2.49. The van der Waals surface area contributed by atoms with Crippen LogP contribution >= 0.6 is 0 Å². The Morgan fingerprint density at radius 3 is 2.48 bits per heavy atom. The molecule has 3 atom stereocenters. The molecular weight excluding hydrogens is 509 g/mol. The molecule has 0 radical (unpaired) electrons. The molecule has 0 amide bonds. The Balaban J connectivity index is 1.57. The van der Waals surface area contributed by atoms with Crippen molar-refractivity contribution in [3.8, 4) is 6.07 Å². The Bertz CT molecular complexity index is 1490. The smallest absolute Gasteiger partial charge is 0.349 e. The molecule has 9 nitrogen and oxygen atoms in total. The topological polar surface area (TPSA) is 99.6 Å². The van der Waals surface area contributed by atoms with E-state index in [1.165, 1.54) is 29.5 Å². The average molecular weight is 546 g/mol. The van der Waals surface area contributed by atoms with E-state index < -0.39 is 0 Å². The summed E-state index contributed by atoms with van der Waals surface area (Å²) in [5.74, 6) is 1.46. The molecule has 10 heteroatoms. The lowest BCUT2D eigenvalue weighted by Crippen LogP contribution is -2.60. The number of anilines is 1. The number of aromatic nitrogens is 3. The number of pyridine rings is 1. The van der Waals surface area contributed by atoms with Crippen molar-refractivity contribution in [2.45, 2.75) is 57.7 Å². The fraction of sp³-hybridized carbons (Fsp3) is 0.500. The lowest BCUT2D eigenvalue weighted by atomic mass is 9.95. The molecule has 1 aromatic carbocycles. The maximum absolute atomic E-state index is 13.9. The fourth-order valence-electron chi connectivity index (χ4n) is 5.63. The quantitative estimate of drug-likeness (QED) is 0.309. The van der Waals surface area contributed by atoms with Gasteiger partial charge in [-0.1, -0.05) is 26.0 Å². The summed E-state index contributed by atoms with van der Waals surface area (Å²) in [6, 6.07) is 11.9. The van der Waals surface area contributed by atoms with E-state index in [2.05, 4.69) is 39.7 Å². The van der Waals surface area contributed by atoms with Crippen LogP contribution in [0.25, 0.3) is 11.0 Å². The van der Waals surface area contributed by atoms with Gasteiger partial charge in [-0.3, -0.25) is 14.5 Å². The van der Waals surface area contributed by atoms with Gasteiger partial charge in [0.15, 0.2) is 5.82 Å². The van der Waals surface area contributed by atoms with Crippen LogP contribution in [-0.4, -0.2) is 64.2 Å². The zero-order valence-corrected chi connectivity index (χ0v) is 23.5. The van der Waals surface area contributed by atoms with Gasteiger partial charge >= 0.3 is 5.69 Å². The normalized spacial score (nSPS) is 20.9. The van der Waals surface area contributed by atoms with Crippen LogP contribution in [-0.2, 0) is 11.8 Å². The van der Waals surface area contributed by atoms with Gasteiger partial charge in [-0.25, -0.2) is 14.2 Å². The molecule has 0 N–H and O–H groups in total. The number of methoxy groups -OCH3 is 1. The summed E-state index contributed by atoms with van der Waals surface area (Å²) >= 11 is 0. The number of piperazine rings is 1. The fourth-order valence-corrected chi connectivity index (χ4v) is 5.63. The zero-order valence-electron chi connectivity index (χ0n) is 23.5. The third kappa shape index (κ3) is 5.43. The van der Waals surface area contributed by atoms with E-state index in [1.807, 2.05) is 12.1 Å². The van der Waals surface area contributed by atoms with Crippen molar-refractivity contribution in [2.24, 2.45) is 18.0 Å². The standard InChI is InChI=1S/C30H36FN7O2/c1-5-23-18-38(28-26-25(36(3)30(39)35-28)14-13-22(15-32)34-26)24(6-2)17-37(23)27(20-9-11-21(31)12-10-20)29(40-4)33-16-19-7-8-19/h9-14,19,23-24,27H,5-8,16-18H2,1-4H3/b33-29-. The van der Waals surface area contributed by atoms with Gasteiger partial charge in [0.2, 0.25) is 5.90 Å². The Kier molecular flexibility index (Phi) is 8.12. The van der Waals surface area contributed by atoms with E-state index in [9.17, 15) is 14.4 Å². The van der Waals surface area contributed by atoms with Gasteiger partial charge in [-0.05, 0) is 61.4 Å². The monoisotopic (exact) mass is 545 g/mol. The molecule has 3 aromatic rings. The van der Waals surface area contributed by atoms with Crippen molar-refractivity contribution in [3.63, 3.8) is 0 Å². The molecule has 5 rings (SSSR count). The molecule has 2 aromatic heterocycles. The molecule has 3 unspecified atom stereocenters. The molecule has 210 valence electrons. The number of hydrogen-bond acceptors (Lipinski definition) is 8. The molecule has 1 saturated heterocycles. The number of aliphatic imine (C=N–C) groups is 1. The van der Waals surface area contributed by atoms with E-state index in [1.54, 1.807) is 26.3 Å². The second-order valence-corrected chi connectivity index (χ2v) is 10.7. The van der Waals surface area contributed by atoms with Crippen LogP contribution < -0.4 is 10.6 Å². The minimum absolute atomic E-state index is 0.00244. The van der Waals surface area contributed by atoms with Crippen LogP contribution in [0.1, 0.15) is 56.8 Å². The molecule has 0 spiro atoms. The number of nitriles is 1.